The van der Waals surface area contributed by atoms with Gasteiger partial charge in [0.1, 0.15) is 6.61 Å². The number of carbonyl (C=O) groups excluding carboxylic acids is 1. The van der Waals surface area contributed by atoms with Crippen LogP contribution in [0.25, 0.3) is 0 Å². The highest BCUT2D eigenvalue weighted by molar-refractivity contribution is 6.31. The summed E-state index contributed by atoms with van der Waals surface area (Å²) >= 11 is 5.98. The fraction of sp³-hybridized carbons (Fsp3) is 0.462. The van der Waals surface area contributed by atoms with E-state index in [9.17, 15) is 4.79 Å². The number of benzene rings is 1. The first-order valence-electron chi connectivity index (χ1n) is 5.78. The van der Waals surface area contributed by atoms with Gasteiger partial charge in [0, 0.05) is 18.1 Å². The zero-order valence-corrected chi connectivity index (χ0v) is 11.0. The normalized spacial score (nSPS) is 10.3. The molecule has 3 nitrogen and oxygen atoms in total. The summed E-state index contributed by atoms with van der Waals surface area (Å²) in [6, 6.07) is 7.47. The van der Waals surface area contributed by atoms with Crippen LogP contribution in [0.2, 0.25) is 5.02 Å². The Morgan fingerprint density at radius 1 is 1.29 bits per heavy atom. The summed E-state index contributed by atoms with van der Waals surface area (Å²) in [5.41, 5.74) is 0.904. The number of carbonyl (C=O) groups is 1. The summed E-state index contributed by atoms with van der Waals surface area (Å²) in [5, 5.41) is 0.669. The maximum absolute atomic E-state index is 11.6. The molecule has 0 N–H and O–H groups in total. The minimum Gasteiger partial charge on any atom is -0.367 e. The molecule has 0 saturated carbocycles. The van der Waals surface area contributed by atoms with Crippen molar-refractivity contribution in [1.29, 1.82) is 0 Å². The third kappa shape index (κ3) is 4.36. The smallest absolute Gasteiger partial charge is 0.248 e. The van der Waals surface area contributed by atoms with Crippen LogP contribution in [0.5, 0.6) is 0 Å². The van der Waals surface area contributed by atoms with Gasteiger partial charge in [-0.2, -0.15) is 0 Å². The van der Waals surface area contributed by atoms with Gasteiger partial charge in [-0.25, -0.2) is 0 Å². The Morgan fingerprint density at radius 3 is 2.53 bits per heavy atom. The quantitative estimate of drug-likeness (QED) is 0.782. The van der Waals surface area contributed by atoms with Gasteiger partial charge < -0.3 is 9.64 Å². The summed E-state index contributed by atoms with van der Waals surface area (Å²) in [4.78, 5) is 13.4. The van der Waals surface area contributed by atoms with E-state index in [1.165, 1.54) is 0 Å². The van der Waals surface area contributed by atoms with Gasteiger partial charge in [-0.05, 0) is 25.5 Å². The highest BCUT2D eigenvalue weighted by Gasteiger charge is 2.09. The van der Waals surface area contributed by atoms with Crippen molar-refractivity contribution in [2.75, 3.05) is 19.7 Å². The minimum absolute atomic E-state index is 0.0158. The van der Waals surface area contributed by atoms with Gasteiger partial charge in [-0.15, -0.1) is 0 Å². The number of halogens is 1. The number of ether oxygens (including phenoxy) is 1. The van der Waals surface area contributed by atoms with Crippen LogP contribution in [0.3, 0.4) is 0 Å². The molecule has 0 atom stereocenters. The first kappa shape index (κ1) is 14.0. The molecule has 0 unspecified atom stereocenters. The molecule has 1 amide bonds. The van der Waals surface area contributed by atoms with Gasteiger partial charge in [0.05, 0.1) is 6.61 Å². The highest BCUT2D eigenvalue weighted by atomic mass is 35.5. The lowest BCUT2D eigenvalue weighted by molar-refractivity contribution is -0.136. The predicted molar refractivity (Wildman–Crippen MR) is 69.0 cm³/mol. The molecule has 0 radical (unpaired) electrons. The molecule has 17 heavy (non-hydrogen) atoms. The highest BCUT2D eigenvalue weighted by Crippen LogP contribution is 2.15. The first-order valence-corrected chi connectivity index (χ1v) is 6.15. The second-order valence-electron chi connectivity index (χ2n) is 3.65. The van der Waals surface area contributed by atoms with E-state index in [0.717, 1.165) is 5.56 Å². The Kier molecular flexibility index (Phi) is 6.01. The standard InChI is InChI=1S/C13H18ClNO2/c1-3-15(4-2)13(16)10-17-9-11-7-5-6-8-12(11)14/h5-8H,3-4,9-10H2,1-2H3. The Bertz CT molecular complexity index is 364. The van der Waals surface area contributed by atoms with Gasteiger partial charge >= 0.3 is 0 Å². The van der Waals surface area contributed by atoms with Crippen LogP contribution in [-0.4, -0.2) is 30.5 Å². The van der Waals surface area contributed by atoms with Crippen molar-refractivity contribution >= 4 is 17.5 Å². The predicted octanol–water partition coefficient (Wildman–Crippen LogP) is 2.73. The topological polar surface area (TPSA) is 29.5 Å². The Balaban J connectivity index is 2.38. The Labute approximate surface area is 107 Å². The van der Waals surface area contributed by atoms with Crippen LogP contribution in [0.15, 0.2) is 24.3 Å². The number of nitrogens with zero attached hydrogens (tertiary/aromatic N) is 1. The summed E-state index contributed by atoms with van der Waals surface area (Å²) in [7, 11) is 0. The number of amides is 1. The van der Waals surface area contributed by atoms with Gasteiger partial charge in [-0.1, -0.05) is 29.8 Å². The maximum atomic E-state index is 11.6. The van der Waals surface area contributed by atoms with E-state index in [4.69, 9.17) is 16.3 Å². The van der Waals surface area contributed by atoms with E-state index in [2.05, 4.69) is 0 Å². The number of hydrogen-bond acceptors (Lipinski definition) is 2. The van der Waals surface area contributed by atoms with Crippen molar-refractivity contribution in [3.8, 4) is 0 Å². The van der Waals surface area contributed by atoms with Crippen LogP contribution >= 0.6 is 11.6 Å². The summed E-state index contributed by atoms with van der Waals surface area (Å²) in [6.45, 7) is 5.81. The molecule has 1 rings (SSSR count). The minimum atomic E-state index is 0.0158. The van der Waals surface area contributed by atoms with Gasteiger partial charge in [0.15, 0.2) is 0 Å². The average molecular weight is 256 g/mol. The van der Waals surface area contributed by atoms with Crippen LogP contribution in [0.1, 0.15) is 19.4 Å². The second kappa shape index (κ2) is 7.30. The third-order valence-corrected chi connectivity index (χ3v) is 2.93. The van der Waals surface area contributed by atoms with E-state index in [1.54, 1.807) is 4.90 Å². The van der Waals surface area contributed by atoms with Crippen molar-refractivity contribution in [2.45, 2.75) is 20.5 Å². The molecule has 0 aliphatic carbocycles. The summed E-state index contributed by atoms with van der Waals surface area (Å²) in [5.74, 6) is 0.0158. The number of likely N-dealkylation sites (N-methyl/N-ethyl adjacent to an activating group) is 1. The van der Waals surface area contributed by atoms with Crippen molar-refractivity contribution in [3.63, 3.8) is 0 Å². The molecule has 0 bridgehead atoms. The van der Waals surface area contributed by atoms with Crippen LogP contribution < -0.4 is 0 Å². The molecule has 0 aromatic heterocycles. The van der Waals surface area contributed by atoms with E-state index >= 15 is 0 Å². The van der Waals surface area contributed by atoms with Gasteiger partial charge in [-0.3, -0.25) is 4.79 Å². The SMILES string of the molecule is CCN(CC)C(=O)COCc1ccccc1Cl. The molecule has 0 saturated heterocycles. The lowest BCUT2D eigenvalue weighted by atomic mass is 10.2. The van der Waals surface area contributed by atoms with Crippen LogP contribution in [-0.2, 0) is 16.1 Å². The molecule has 0 aliphatic heterocycles. The van der Waals surface area contributed by atoms with Crippen molar-refractivity contribution < 1.29 is 9.53 Å². The molecule has 1 aromatic rings. The molecular weight excluding hydrogens is 238 g/mol. The molecule has 0 spiro atoms. The molecular formula is C13H18ClNO2. The zero-order chi connectivity index (χ0) is 12.7. The molecule has 0 aliphatic rings. The van der Waals surface area contributed by atoms with Crippen LogP contribution in [0, 0.1) is 0 Å². The van der Waals surface area contributed by atoms with Crippen LogP contribution in [0.4, 0.5) is 0 Å². The fourth-order valence-corrected chi connectivity index (χ4v) is 1.72. The number of rotatable bonds is 6. The Hall–Kier alpha value is -1.06. The molecule has 0 heterocycles. The molecule has 94 valence electrons. The molecule has 1 aromatic carbocycles. The van der Waals surface area contributed by atoms with E-state index in [0.29, 0.717) is 24.7 Å². The fourth-order valence-electron chi connectivity index (χ4n) is 1.53. The summed E-state index contributed by atoms with van der Waals surface area (Å²) < 4.78 is 5.37. The second-order valence-corrected chi connectivity index (χ2v) is 4.06. The third-order valence-electron chi connectivity index (χ3n) is 2.56. The van der Waals surface area contributed by atoms with E-state index < -0.39 is 0 Å². The monoisotopic (exact) mass is 255 g/mol. The van der Waals surface area contributed by atoms with Crippen molar-refractivity contribution in [1.82, 2.24) is 4.90 Å². The van der Waals surface area contributed by atoms with E-state index in [1.807, 2.05) is 38.1 Å². The summed E-state index contributed by atoms with van der Waals surface area (Å²) in [6.07, 6.45) is 0. The Morgan fingerprint density at radius 2 is 1.94 bits per heavy atom. The van der Waals surface area contributed by atoms with Gasteiger partial charge in [0.25, 0.3) is 0 Å². The first-order chi connectivity index (χ1) is 8.19. The lowest BCUT2D eigenvalue weighted by Crippen LogP contribution is -2.33. The average Bonchev–Trinajstić information content (AvgIpc) is 2.33. The molecule has 4 heteroatoms. The van der Waals surface area contributed by atoms with Crippen molar-refractivity contribution in [3.05, 3.63) is 34.9 Å². The lowest BCUT2D eigenvalue weighted by Gasteiger charge is -2.18. The van der Waals surface area contributed by atoms with E-state index in [-0.39, 0.29) is 12.5 Å². The maximum Gasteiger partial charge on any atom is 0.248 e. The zero-order valence-electron chi connectivity index (χ0n) is 10.3. The number of hydrogen-bond donors (Lipinski definition) is 0. The van der Waals surface area contributed by atoms with Crippen molar-refractivity contribution in [2.24, 2.45) is 0 Å². The molecule has 0 fully saturated rings. The van der Waals surface area contributed by atoms with Gasteiger partial charge in [0.2, 0.25) is 5.91 Å². The largest absolute Gasteiger partial charge is 0.367 e.